The van der Waals surface area contributed by atoms with E-state index >= 15 is 0 Å². The minimum absolute atomic E-state index is 0.0347. The third-order valence-corrected chi connectivity index (χ3v) is 8.99. The van der Waals surface area contributed by atoms with Crippen molar-refractivity contribution in [1.82, 2.24) is 0 Å². The van der Waals surface area contributed by atoms with Gasteiger partial charge in [-0.2, -0.15) is 0 Å². The lowest BCUT2D eigenvalue weighted by Gasteiger charge is -2.35. The van der Waals surface area contributed by atoms with Crippen LogP contribution in [-0.4, -0.2) is 119 Å². The van der Waals surface area contributed by atoms with Crippen LogP contribution in [0.3, 0.4) is 0 Å². The molecule has 0 aromatic carbocycles. The van der Waals surface area contributed by atoms with Crippen molar-refractivity contribution in [2.24, 2.45) is 16.9 Å². The van der Waals surface area contributed by atoms with Crippen molar-refractivity contribution in [2.75, 3.05) is 119 Å². The Hall–Kier alpha value is 0.200. The van der Waals surface area contributed by atoms with Gasteiger partial charge in [-0.3, -0.25) is 18.3 Å². The third-order valence-electron chi connectivity index (χ3n) is 5.09. The molecule has 0 aliphatic rings. The van der Waals surface area contributed by atoms with Gasteiger partial charge < -0.3 is 86.2 Å². The molecule has 0 heterocycles. The number of phosphoric ester groups is 4. The highest BCUT2D eigenvalue weighted by molar-refractivity contribution is 7.46. The average molecular weight is 756 g/mol. The topological polar surface area (TPSA) is 323 Å². The summed E-state index contributed by atoms with van der Waals surface area (Å²) in [5.74, 6) is 0. The Labute approximate surface area is 267 Å². The molecule has 0 bridgehead atoms. The zero-order valence-corrected chi connectivity index (χ0v) is 29.2. The van der Waals surface area contributed by atoms with E-state index in [0.717, 1.165) is 7.11 Å². The monoisotopic (exact) mass is 756 g/mol. The minimum atomic E-state index is -4.88. The van der Waals surface area contributed by atoms with Crippen molar-refractivity contribution >= 4 is 31.3 Å². The van der Waals surface area contributed by atoms with Crippen molar-refractivity contribution in [2.45, 2.75) is 6.92 Å². The van der Waals surface area contributed by atoms with Gasteiger partial charge in [-0.15, -0.1) is 0 Å². The molecule has 0 aliphatic heterocycles. The molecule has 0 rings (SSSR count). The molecule has 4 N–H and O–H groups in total. The molecule has 278 valence electrons. The molecule has 0 spiro atoms. The largest absolute Gasteiger partial charge is 0.756 e. The lowest BCUT2D eigenvalue weighted by atomic mass is 9.91. The second-order valence-electron chi connectivity index (χ2n) is 8.63. The fraction of sp³-hybridized carbons (Fsp3) is 1.00. The van der Waals surface area contributed by atoms with Crippen LogP contribution in [0.15, 0.2) is 0 Å². The molecule has 4 unspecified atom stereocenters. The molecule has 0 aliphatic carbocycles. The minimum Gasteiger partial charge on any atom is -0.756 e. The second kappa shape index (κ2) is 25.2. The van der Waals surface area contributed by atoms with E-state index in [2.05, 4.69) is 27.1 Å². The number of nitrogens with two attached hydrogens (primary N) is 2. The zero-order chi connectivity index (χ0) is 35.0. The van der Waals surface area contributed by atoms with Crippen molar-refractivity contribution in [3.8, 4) is 0 Å². The Morgan fingerprint density at radius 2 is 0.761 bits per heavy atom. The van der Waals surface area contributed by atoms with Gasteiger partial charge in [-0.25, -0.2) is 0 Å². The highest BCUT2D eigenvalue weighted by atomic mass is 31.2. The van der Waals surface area contributed by atoms with Crippen LogP contribution in [0.1, 0.15) is 6.92 Å². The van der Waals surface area contributed by atoms with E-state index in [9.17, 15) is 37.8 Å². The predicted octanol–water partition coefficient (Wildman–Crippen LogP) is -2.39. The van der Waals surface area contributed by atoms with Crippen LogP contribution in [0.2, 0.25) is 0 Å². The number of phosphoric acid groups is 4. The van der Waals surface area contributed by atoms with Gasteiger partial charge in [0, 0.05) is 25.6 Å². The van der Waals surface area contributed by atoms with Crippen LogP contribution in [-0.2, 0) is 73.4 Å². The van der Waals surface area contributed by atoms with Gasteiger partial charge in [0.15, 0.2) is 0 Å². The smallest absolute Gasteiger partial charge is 0.267 e. The summed E-state index contributed by atoms with van der Waals surface area (Å²) in [5, 5.41) is 0. The number of ether oxygens (including phenoxy) is 4. The molecule has 0 radical (unpaired) electrons. The Morgan fingerprint density at radius 1 is 0.478 bits per heavy atom. The predicted molar refractivity (Wildman–Crippen MR) is 149 cm³/mol. The van der Waals surface area contributed by atoms with E-state index in [-0.39, 0.29) is 85.8 Å². The lowest BCUT2D eigenvalue weighted by molar-refractivity contribution is -0.233. The molecule has 0 aromatic rings. The van der Waals surface area contributed by atoms with Crippen LogP contribution in [0.5, 0.6) is 0 Å². The zero-order valence-electron chi connectivity index (χ0n) is 25.6. The van der Waals surface area contributed by atoms with Crippen molar-refractivity contribution < 1.29 is 93.0 Å². The highest BCUT2D eigenvalue weighted by Crippen LogP contribution is 2.43. The van der Waals surface area contributed by atoms with Gasteiger partial charge in [-0.1, -0.05) is 0 Å². The molecule has 0 fully saturated rings. The number of rotatable bonds is 33. The summed E-state index contributed by atoms with van der Waals surface area (Å²) in [5.41, 5.74) is 9.93. The molecule has 46 heavy (non-hydrogen) atoms. The molecule has 0 aromatic heterocycles. The van der Waals surface area contributed by atoms with Gasteiger partial charge in [0.2, 0.25) is 0 Å². The van der Waals surface area contributed by atoms with E-state index in [1.807, 2.05) is 0 Å². The summed E-state index contributed by atoms with van der Waals surface area (Å²) < 4.78 is 103. The first-order valence-electron chi connectivity index (χ1n) is 13.6. The molecule has 26 heteroatoms. The maximum atomic E-state index is 12.1. The summed E-state index contributed by atoms with van der Waals surface area (Å²) in [6.45, 7) is -2.13. The van der Waals surface area contributed by atoms with Crippen molar-refractivity contribution in [1.29, 1.82) is 0 Å². The summed E-state index contributed by atoms with van der Waals surface area (Å²) in [4.78, 5) is 46.4. The van der Waals surface area contributed by atoms with Crippen LogP contribution >= 0.6 is 31.3 Å². The Bertz CT molecular complexity index is 976. The second-order valence-corrected chi connectivity index (χ2v) is 14.4. The summed E-state index contributed by atoms with van der Waals surface area (Å²) in [7, 11) is -17.5. The summed E-state index contributed by atoms with van der Waals surface area (Å²) in [6.07, 6.45) is 0. The standard InChI is InChI=1S/C20H48N2O20P4/c1-3-36-44(25,26)38-13-9-33-6-7-35-11-15-40-46(29,30)42-19-20(16-21,17-22)18-41-45(27,28)39-14-10-34-5-4-32-8-12-37-43(23,24)31-2/h3-19,21-22H2,1-2H3,(H,23,24)(H,25,26)(H,27,28)(H,29,30)/p-4. The third kappa shape index (κ3) is 25.2. The van der Waals surface area contributed by atoms with Crippen LogP contribution in [0.4, 0.5) is 0 Å². The number of hydrogen-bond donors (Lipinski definition) is 2. The van der Waals surface area contributed by atoms with Crippen LogP contribution in [0, 0.1) is 5.41 Å². The molecular weight excluding hydrogens is 712 g/mol. The average Bonchev–Trinajstić information content (AvgIpc) is 2.99. The van der Waals surface area contributed by atoms with Crippen LogP contribution < -0.4 is 31.0 Å². The maximum absolute atomic E-state index is 12.1. The molecule has 0 saturated carbocycles. The Morgan fingerprint density at radius 3 is 1.04 bits per heavy atom. The Balaban J connectivity index is 4.18. The van der Waals surface area contributed by atoms with Gasteiger partial charge in [0.1, 0.15) is 0 Å². The molecule has 4 atom stereocenters. The lowest BCUT2D eigenvalue weighted by Crippen LogP contribution is -2.46. The SMILES string of the molecule is CCOP(=O)([O-])OCCOCCOCCOP(=O)([O-])OCC(CN)(CN)COP(=O)([O-])OCCOCCOCCOP(=O)([O-])OC. The van der Waals surface area contributed by atoms with Gasteiger partial charge in [0.25, 0.3) is 31.3 Å². The summed E-state index contributed by atoms with van der Waals surface area (Å²) in [6, 6.07) is 0. The molecule has 0 amide bonds. The van der Waals surface area contributed by atoms with E-state index < -0.39 is 63.1 Å². The first kappa shape index (κ1) is 46.2. The van der Waals surface area contributed by atoms with Crippen molar-refractivity contribution in [3.63, 3.8) is 0 Å². The van der Waals surface area contributed by atoms with Gasteiger partial charge in [-0.05, 0) is 6.92 Å². The van der Waals surface area contributed by atoms with E-state index in [0.29, 0.717) is 0 Å². The molecule has 22 nitrogen and oxygen atoms in total. The quantitative estimate of drug-likeness (QED) is 0.0521. The van der Waals surface area contributed by atoms with Gasteiger partial charge in [0.05, 0.1) is 99.1 Å². The molecule has 0 saturated heterocycles. The first-order chi connectivity index (χ1) is 21.6. The maximum Gasteiger partial charge on any atom is 0.267 e. The fourth-order valence-electron chi connectivity index (χ4n) is 2.59. The number of hydrogen-bond acceptors (Lipinski definition) is 22. The van der Waals surface area contributed by atoms with Gasteiger partial charge >= 0.3 is 0 Å². The van der Waals surface area contributed by atoms with E-state index in [1.165, 1.54) is 6.92 Å². The summed E-state index contributed by atoms with van der Waals surface area (Å²) >= 11 is 0. The van der Waals surface area contributed by atoms with E-state index in [1.54, 1.807) is 0 Å². The molecular formula is C20H44N2O20P4-4. The normalized spacial score (nSPS) is 17.7. The highest BCUT2D eigenvalue weighted by Gasteiger charge is 2.32. The van der Waals surface area contributed by atoms with Crippen LogP contribution in [0.25, 0.3) is 0 Å². The Kier molecular flexibility index (Phi) is 25.3. The van der Waals surface area contributed by atoms with E-state index in [4.69, 9.17) is 39.5 Å². The van der Waals surface area contributed by atoms with Crippen molar-refractivity contribution in [3.05, 3.63) is 0 Å². The first-order valence-corrected chi connectivity index (χ1v) is 19.4. The fourth-order valence-corrected chi connectivity index (χ4v) is 5.29.